The third-order valence-corrected chi connectivity index (χ3v) is 2.88. The first-order valence-corrected chi connectivity index (χ1v) is 6.96. The second-order valence-electron chi connectivity index (χ2n) is 4.59. The highest BCUT2D eigenvalue weighted by molar-refractivity contribution is 5.97. The predicted molar refractivity (Wildman–Crippen MR) is 87.1 cm³/mol. The lowest BCUT2D eigenvalue weighted by atomic mass is 10.2. The molecule has 3 N–H and O–H groups in total. The third kappa shape index (κ3) is 5.29. The maximum absolute atomic E-state index is 11.8. The number of hydrogen-bond acceptors (Lipinski definition) is 2. The molecular weight excluding hydrogens is 294 g/mol. The minimum atomic E-state index is -0.570. The molecule has 0 spiro atoms. The second-order valence-corrected chi connectivity index (χ2v) is 4.59. The number of anilines is 1. The summed E-state index contributed by atoms with van der Waals surface area (Å²) in [6.45, 7) is -0.302. The summed E-state index contributed by atoms with van der Waals surface area (Å²) < 4.78 is 0. The molecule has 0 saturated carbocycles. The Morgan fingerprint density at radius 3 is 2.48 bits per heavy atom. The van der Waals surface area contributed by atoms with Crippen molar-refractivity contribution in [3.05, 3.63) is 71.8 Å². The van der Waals surface area contributed by atoms with Gasteiger partial charge >= 0.3 is 6.03 Å². The summed E-state index contributed by atoms with van der Waals surface area (Å²) in [6.07, 6.45) is 3.16. The standard InChI is InChI=1S/C17H16N3O3/c21-11-5-7-13-6-4-10-15(12-13)18-17(23)20-19-16(22)14-8-2-1-3-9-14/h1-10,12H,11H2,(H,19,22)(H2,18,20,23). The Bertz CT molecular complexity index is 699. The SMILES string of the molecule is [O]CC=Cc1cccc(NC(=O)NNC(=O)c2ccccc2)c1. The average molecular weight is 310 g/mol. The summed E-state index contributed by atoms with van der Waals surface area (Å²) in [5.74, 6) is -0.409. The van der Waals surface area contributed by atoms with Crippen LogP contribution in [0.5, 0.6) is 0 Å². The van der Waals surface area contributed by atoms with Crippen molar-refractivity contribution in [2.75, 3.05) is 11.9 Å². The second kappa shape index (κ2) is 8.35. The molecule has 6 heteroatoms. The van der Waals surface area contributed by atoms with Crippen molar-refractivity contribution in [1.29, 1.82) is 0 Å². The van der Waals surface area contributed by atoms with Crippen LogP contribution in [0, 0.1) is 0 Å². The van der Waals surface area contributed by atoms with Crippen LogP contribution in [-0.4, -0.2) is 18.5 Å². The highest BCUT2D eigenvalue weighted by Gasteiger charge is 2.06. The number of amides is 3. The van der Waals surface area contributed by atoms with Crippen molar-refractivity contribution >= 4 is 23.7 Å². The Kier molecular flexibility index (Phi) is 5.90. The zero-order valence-corrected chi connectivity index (χ0v) is 12.3. The Morgan fingerprint density at radius 1 is 0.957 bits per heavy atom. The molecule has 0 bridgehead atoms. The van der Waals surface area contributed by atoms with Gasteiger partial charge in [-0.3, -0.25) is 10.2 Å². The van der Waals surface area contributed by atoms with Crippen molar-refractivity contribution in [2.45, 2.75) is 0 Å². The Balaban J connectivity index is 1.87. The summed E-state index contributed by atoms with van der Waals surface area (Å²) in [6, 6.07) is 14.9. The molecule has 6 nitrogen and oxygen atoms in total. The van der Waals surface area contributed by atoms with Crippen LogP contribution in [0.3, 0.4) is 0 Å². The molecule has 2 aromatic carbocycles. The van der Waals surface area contributed by atoms with E-state index in [0.717, 1.165) is 5.56 Å². The minimum absolute atomic E-state index is 0.302. The molecular formula is C17H16N3O3. The van der Waals surface area contributed by atoms with Gasteiger partial charge in [-0.25, -0.2) is 15.3 Å². The fourth-order valence-corrected chi connectivity index (χ4v) is 1.84. The van der Waals surface area contributed by atoms with Crippen LogP contribution >= 0.6 is 0 Å². The number of rotatable bonds is 4. The number of benzene rings is 2. The molecule has 0 aliphatic carbocycles. The molecule has 0 saturated heterocycles. The van der Waals surface area contributed by atoms with Crippen LogP contribution in [-0.2, 0) is 5.11 Å². The molecule has 0 aromatic heterocycles. The topological polar surface area (TPSA) is 90.1 Å². The van der Waals surface area contributed by atoms with Gasteiger partial charge in [-0.05, 0) is 29.8 Å². The van der Waals surface area contributed by atoms with Crippen molar-refractivity contribution in [1.82, 2.24) is 10.9 Å². The zero-order valence-electron chi connectivity index (χ0n) is 12.3. The molecule has 0 aliphatic heterocycles. The predicted octanol–water partition coefficient (Wildman–Crippen LogP) is 2.60. The van der Waals surface area contributed by atoms with Crippen molar-refractivity contribution in [3.8, 4) is 0 Å². The molecule has 117 valence electrons. The monoisotopic (exact) mass is 310 g/mol. The first-order chi connectivity index (χ1) is 11.2. The molecule has 0 aliphatic rings. The summed E-state index contributed by atoms with van der Waals surface area (Å²) >= 11 is 0. The van der Waals surface area contributed by atoms with Gasteiger partial charge in [-0.15, -0.1) is 0 Å². The number of carbonyl (C=O) groups is 2. The molecule has 23 heavy (non-hydrogen) atoms. The van der Waals surface area contributed by atoms with E-state index in [4.69, 9.17) is 0 Å². The number of nitrogens with one attached hydrogen (secondary N) is 3. The van der Waals surface area contributed by atoms with Crippen molar-refractivity contribution in [3.63, 3.8) is 0 Å². The van der Waals surface area contributed by atoms with Gasteiger partial charge in [-0.1, -0.05) is 42.5 Å². The fourth-order valence-electron chi connectivity index (χ4n) is 1.84. The van der Waals surface area contributed by atoms with E-state index in [9.17, 15) is 14.7 Å². The van der Waals surface area contributed by atoms with Gasteiger partial charge in [0.05, 0.1) is 0 Å². The number of hydrogen-bond donors (Lipinski definition) is 3. The van der Waals surface area contributed by atoms with Crippen LogP contribution in [0.4, 0.5) is 10.5 Å². The summed E-state index contributed by atoms with van der Waals surface area (Å²) in [7, 11) is 0. The zero-order chi connectivity index (χ0) is 16.5. The van der Waals surface area contributed by atoms with Gasteiger partial charge in [0.15, 0.2) is 0 Å². The molecule has 2 aromatic rings. The Labute approximate surface area is 133 Å². The third-order valence-electron chi connectivity index (χ3n) is 2.88. The average Bonchev–Trinajstić information content (AvgIpc) is 2.59. The molecule has 2 rings (SSSR count). The molecule has 0 heterocycles. The van der Waals surface area contributed by atoms with Crippen molar-refractivity contribution in [2.24, 2.45) is 0 Å². The van der Waals surface area contributed by atoms with Gasteiger partial charge in [0.1, 0.15) is 6.61 Å². The van der Waals surface area contributed by atoms with E-state index < -0.39 is 11.9 Å². The van der Waals surface area contributed by atoms with Crippen LogP contribution in [0.2, 0.25) is 0 Å². The Hall–Kier alpha value is -3.12. The molecule has 0 fully saturated rings. The lowest BCUT2D eigenvalue weighted by Crippen LogP contribution is -2.43. The van der Waals surface area contributed by atoms with E-state index >= 15 is 0 Å². The minimum Gasteiger partial charge on any atom is -0.307 e. The van der Waals surface area contributed by atoms with Gasteiger partial charge in [0.25, 0.3) is 5.91 Å². The van der Waals surface area contributed by atoms with E-state index in [1.165, 1.54) is 6.08 Å². The van der Waals surface area contributed by atoms with Gasteiger partial charge in [-0.2, -0.15) is 0 Å². The molecule has 3 amide bonds. The summed E-state index contributed by atoms with van der Waals surface area (Å²) in [5.41, 5.74) is 6.37. The maximum Gasteiger partial charge on any atom is 0.337 e. The highest BCUT2D eigenvalue weighted by atomic mass is 16.2. The van der Waals surface area contributed by atoms with E-state index in [2.05, 4.69) is 16.2 Å². The molecule has 0 unspecified atom stereocenters. The first-order valence-electron chi connectivity index (χ1n) is 6.96. The van der Waals surface area contributed by atoms with Crippen LogP contribution < -0.4 is 16.2 Å². The van der Waals surface area contributed by atoms with E-state index in [1.54, 1.807) is 54.6 Å². The smallest absolute Gasteiger partial charge is 0.307 e. The lowest BCUT2D eigenvalue weighted by Gasteiger charge is -2.09. The lowest BCUT2D eigenvalue weighted by molar-refractivity contribution is 0.0938. The number of carbonyl (C=O) groups excluding carboxylic acids is 2. The van der Waals surface area contributed by atoms with E-state index in [0.29, 0.717) is 11.3 Å². The first kappa shape index (κ1) is 16.3. The van der Waals surface area contributed by atoms with Crippen LogP contribution in [0.1, 0.15) is 15.9 Å². The highest BCUT2D eigenvalue weighted by Crippen LogP contribution is 2.11. The molecule has 1 radical (unpaired) electrons. The maximum atomic E-state index is 11.8. The fraction of sp³-hybridized carbons (Fsp3) is 0.0588. The molecule has 0 atom stereocenters. The Morgan fingerprint density at radius 2 is 1.74 bits per heavy atom. The van der Waals surface area contributed by atoms with Gasteiger partial charge < -0.3 is 5.32 Å². The van der Waals surface area contributed by atoms with Crippen LogP contribution in [0.25, 0.3) is 6.08 Å². The van der Waals surface area contributed by atoms with Gasteiger partial charge in [0.2, 0.25) is 0 Å². The quantitative estimate of drug-likeness (QED) is 0.758. The summed E-state index contributed by atoms with van der Waals surface area (Å²) in [4.78, 5) is 23.6. The summed E-state index contributed by atoms with van der Waals surface area (Å²) in [5, 5.41) is 13.0. The van der Waals surface area contributed by atoms with E-state index in [1.807, 2.05) is 6.07 Å². The van der Waals surface area contributed by atoms with Crippen molar-refractivity contribution < 1.29 is 14.7 Å². The number of urea groups is 1. The van der Waals surface area contributed by atoms with E-state index in [-0.39, 0.29) is 6.61 Å². The normalized spacial score (nSPS) is 10.3. The van der Waals surface area contributed by atoms with Crippen LogP contribution in [0.15, 0.2) is 60.7 Å². The van der Waals surface area contributed by atoms with Gasteiger partial charge in [0, 0.05) is 11.3 Å². The number of hydrazine groups is 1. The largest absolute Gasteiger partial charge is 0.337 e.